The molecule has 1 aromatic rings. The predicted octanol–water partition coefficient (Wildman–Crippen LogP) is 2.93. The van der Waals surface area contributed by atoms with Crippen molar-refractivity contribution in [1.29, 1.82) is 0 Å². The standard InChI is InChI=1S/C16H20Br2N2O4/c1-24-15-11(17)8-10(9-12(15)18)5-6-14(21)20-7-3-2-4-13(19)16(22)23/h5-6,8-9,13H,2-4,7,19H2,1H3,(H,20,21)(H,22,23)/b6-5+/t13-/m1/s1. The van der Waals surface area contributed by atoms with Crippen LogP contribution in [0.2, 0.25) is 0 Å². The zero-order valence-electron chi connectivity index (χ0n) is 13.2. The van der Waals surface area contributed by atoms with E-state index in [0.717, 1.165) is 14.5 Å². The number of rotatable bonds is 9. The van der Waals surface area contributed by atoms with Gasteiger partial charge in [-0.15, -0.1) is 0 Å². The summed E-state index contributed by atoms with van der Waals surface area (Å²) in [6.07, 6.45) is 4.87. The van der Waals surface area contributed by atoms with Crippen molar-refractivity contribution in [2.24, 2.45) is 5.73 Å². The molecule has 0 fully saturated rings. The Labute approximate surface area is 157 Å². The Bertz CT molecular complexity index is 597. The maximum atomic E-state index is 11.7. The summed E-state index contributed by atoms with van der Waals surface area (Å²) in [5.74, 6) is -0.518. The van der Waals surface area contributed by atoms with Gasteiger partial charge in [0, 0.05) is 12.6 Å². The molecule has 8 heteroatoms. The van der Waals surface area contributed by atoms with Crippen LogP contribution >= 0.6 is 31.9 Å². The van der Waals surface area contributed by atoms with Crippen LogP contribution in [0.4, 0.5) is 0 Å². The van der Waals surface area contributed by atoms with Crippen molar-refractivity contribution in [2.75, 3.05) is 13.7 Å². The fourth-order valence-corrected chi connectivity index (χ4v) is 3.47. The van der Waals surface area contributed by atoms with Gasteiger partial charge in [-0.2, -0.15) is 0 Å². The SMILES string of the molecule is COc1c(Br)cc(/C=C/C(=O)NCCCC[C@@H](N)C(=O)O)cc1Br. The number of carbonyl (C=O) groups is 2. The fourth-order valence-electron chi connectivity index (χ4n) is 1.93. The van der Waals surface area contributed by atoms with E-state index in [-0.39, 0.29) is 5.91 Å². The highest BCUT2D eigenvalue weighted by molar-refractivity contribution is 9.11. The second-order valence-electron chi connectivity index (χ2n) is 5.08. The number of hydrogen-bond donors (Lipinski definition) is 3. The first-order valence-electron chi connectivity index (χ1n) is 7.32. The van der Waals surface area contributed by atoms with Gasteiger partial charge < -0.3 is 20.9 Å². The molecule has 132 valence electrons. The van der Waals surface area contributed by atoms with Gasteiger partial charge in [0.15, 0.2) is 0 Å². The normalized spacial score (nSPS) is 12.2. The Morgan fingerprint density at radius 2 is 1.96 bits per heavy atom. The molecule has 0 aliphatic carbocycles. The second kappa shape index (κ2) is 10.5. The summed E-state index contributed by atoms with van der Waals surface area (Å²) in [6, 6.07) is 2.86. The fraction of sp³-hybridized carbons (Fsp3) is 0.375. The Kier molecular flexibility index (Phi) is 9.02. The summed E-state index contributed by atoms with van der Waals surface area (Å²) in [5.41, 5.74) is 6.25. The molecule has 0 aromatic heterocycles. The minimum absolute atomic E-state index is 0.208. The molecular formula is C16H20Br2N2O4. The first-order chi connectivity index (χ1) is 11.3. The topological polar surface area (TPSA) is 102 Å². The molecule has 0 aliphatic heterocycles. The molecule has 24 heavy (non-hydrogen) atoms. The van der Waals surface area contributed by atoms with E-state index in [9.17, 15) is 9.59 Å². The number of amides is 1. The molecule has 6 nitrogen and oxygen atoms in total. The molecule has 0 aliphatic rings. The number of hydrogen-bond acceptors (Lipinski definition) is 4. The molecule has 0 unspecified atom stereocenters. The third-order valence-corrected chi connectivity index (χ3v) is 4.39. The van der Waals surface area contributed by atoms with Crippen molar-refractivity contribution < 1.29 is 19.4 Å². The summed E-state index contributed by atoms with van der Waals surface area (Å²) in [5, 5.41) is 11.4. The Morgan fingerprint density at radius 3 is 2.50 bits per heavy atom. The lowest BCUT2D eigenvalue weighted by Crippen LogP contribution is -2.30. The van der Waals surface area contributed by atoms with Crippen LogP contribution in [0.1, 0.15) is 24.8 Å². The molecule has 1 rings (SSSR count). The van der Waals surface area contributed by atoms with E-state index in [1.54, 1.807) is 13.2 Å². The van der Waals surface area contributed by atoms with E-state index in [1.165, 1.54) is 6.08 Å². The summed E-state index contributed by atoms with van der Waals surface area (Å²) in [6.45, 7) is 0.478. The van der Waals surface area contributed by atoms with Gasteiger partial charge in [-0.1, -0.05) is 0 Å². The predicted molar refractivity (Wildman–Crippen MR) is 99.9 cm³/mol. The lowest BCUT2D eigenvalue weighted by Gasteiger charge is -2.07. The molecule has 0 bridgehead atoms. The van der Waals surface area contributed by atoms with Crippen molar-refractivity contribution in [3.8, 4) is 5.75 Å². The lowest BCUT2D eigenvalue weighted by molar-refractivity contribution is -0.138. The number of halogens is 2. The highest BCUT2D eigenvalue weighted by Crippen LogP contribution is 2.34. The Morgan fingerprint density at radius 1 is 1.33 bits per heavy atom. The van der Waals surface area contributed by atoms with Gasteiger partial charge in [0.1, 0.15) is 11.8 Å². The molecule has 0 heterocycles. The molecular weight excluding hydrogens is 444 g/mol. The zero-order chi connectivity index (χ0) is 18.1. The van der Waals surface area contributed by atoms with Gasteiger partial charge >= 0.3 is 5.97 Å². The average Bonchev–Trinajstić information content (AvgIpc) is 2.52. The van der Waals surface area contributed by atoms with Crippen LogP contribution in [-0.2, 0) is 9.59 Å². The van der Waals surface area contributed by atoms with E-state index in [0.29, 0.717) is 31.6 Å². The average molecular weight is 464 g/mol. The van der Waals surface area contributed by atoms with E-state index >= 15 is 0 Å². The van der Waals surface area contributed by atoms with Crippen molar-refractivity contribution in [3.63, 3.8) is 0 Å². The minimum atomic E-state index is -1.00. The number of unbranched alkanes of at least 4 members (excludes halogenated alkanes) is 1. The Balaban J connectivity index is 2.40. The van der Waals surface area contributed by atoms with Crippen LogP contribution in [-0.4, -0.2) is 36.7 Å². The smallest absolute Gasteiger partial charge is 0.320 e. The van der Waals surface area contributed by atoms with Gasteiger partial charge in [0.25, 0.3) is 0 Å². The van der Waals surface area contributed by atoms with E-state index in [2.05, 4.69) is 37.2 Å². The summed E-state index contributed by atoms with van der Waals surface area (Å²) in [7, 11) is 1.58. The zero-order valence-corrected chi connectivity index (χ0v) is 16.4. The highest BCUT2D eigenvalue weighted by atomic mass is 79.9. The van der Waals surface area contributed by atoms with Crippen molar-refractivity contribution in [2.45, 2.75) is 25.3 Å². The van der Waals surface area contributed by atoms with Gasteiger partial charge in [-0.3, -0.25) is 9.59 Å². The number of carbonyl (C=O) groups excluding carboxylic acids is 1. The van der Waals surface area contributed by atoms with Crippen molar-refractivity contribution in [1.82, 2.24) is 5.32 Å². The Hall–Kier alpha value is -1.38. The number of nitrogens with one attached hydrogen (secondary N) is 1. The first kappa shape index (κ1) is 20.7. The van der Waals surface area contributed by atoms with Crippen LogP contribution in [0.3, 0.4) is 0 Å². The maximum Gasteiger partial charge on any atom is 0.320 e. The highest BCUT2D eigenvalue weighted by Gasteiger charge is 2.10. The number of ether oxygens (including phenoxy) is 1. The van der Waals surface area contributed by atoms with Gasteiger partial charge in [0.2, 0.25) is 5.91 Å². The van der Waals surface area contributed by atoms with Gasteiger partial charge in [0.05, 0.1) is 16.1 Å². The number of methoxy groups -OCH3 is 1. The molecule has 0 saturated heterocycles. The molecule has 1 amide bonds. The van der Waals surface area contributed by atoms with E-state index in [4.69, 9.17) is 15.6 Å². The van der Waals surface area contributed by atoms with Crippen molar-refractivity contribution >= 4 is 49.8 Å². The van der Waals surface area contributed by atoms with Crippen molar-refractivity contribution in [3.05, 3.63) is 32.7 Å². The summed E-state index contributed by atoms with van der Waals surface area (Å²) in [4.78, 5) is 22.3. The van der Waals surface area contributed by atoms with Gasteiger partial charge in [-0.25, -0.2) is 0 Å². The molecule has 0 saturated carbocycles. The molecule has 1 atom stereocenters. The number of carboxylic acid groups (broad SMARTS) is 1. The summed E-state index contributed by atoms with van der Waals surface area (Å²) < 4.78 is 6.79. The van der Waals surface area contributed by atoms with E-state index < -0.39 is 12.0 Å². The molecule has 4 N–H and O–H groups in total. The van der Waals surface area contributed by atoms with Crippen LogP contribution in [0.25, 0.3) is 6.08 Å². The number of nitrogens with two attached hydrogens (primary N) is 1. The maximum absolute atomic E-state index is 11.7. The second-order valence-corrected chi connectivity index (χ2v) is 6.79. The lowest BCUT2D eigenvalue weighted by atomic mass is 10.1. The molecule has 0 radical (unpaired) electrons. The third kappa shape index (κ3) is 7.02. The number of benzene rings is 1. The quantitative estimate of drug-likeness (QED) is 0.386. The van der Waals surface area contributed by atoms with Crippen LogP contribution in [0, 0.1) is 0 Å². The largest absolute Gasteiger partial charge is 0.494 e. The number of aliphatic carboxylic acids is 1. The minimum Gasteiger partial charge on any atom is -0.494 e. The van der Waals surface area contributed by atoms with Gasteiger partial charge in [-0.05, 0) is 74.9 Å². The third-order valence-electron chi connectivity index (χ3n) is 3.21. The first-order valence-corrected chi connectivity index (χ1v) is 8.91. The molecule has 1 aromatic carbocycles. The molecule has 0 spiro atoms. The monoisotopic (exact) mass is 462 g/mol. The number of carboxylic acids is 1. The summed E-state index contributed by atoms with van der Waals surface area (Å²) >= 11 is 6.81. The van der Waals surface area contributed by atoms with Crippen LogP contribution in [0.5, 0.6) is 5.75 Å². The van der Waals surface area contributed by atoms with Crippen LogP contribution < -0.4 is 15.8 Å². The van der Waals surface area contributed by atoms with E-state index in [1.807, 2.05) is 12.1 Å². The van der Waals surface area contributed by atoms with Crippen LogP contribution in [0.15, 0.2) is 27.2 Å².